The van der Waals surface area contributed by atoms with E-state index in [1.165, 1.54) is 18.3 Å². The third kappa shape index (κ3) is 5.83. The predicted octanol–water partition coefficient (Wildman–Crippen LogP) is 6.15. The van der Waals surface area contributed by atoms with Crippen LogP contribution in [0.3, 0.4) is 0 Å². The maximum atomic E-state index is 13.8. The highest BCUT2D eigenvalue weighted by molar-refractivity contribution is 5.89. The molecule has 2 saturated heterocycles. The van der Waals surface area contributed by atoms with E-state index in [1.54, 1.807) is 19.1 Å². The van der Waals surface area contributed by atoms with E-state index in [2.05, 4.69) is 15.0 Å². The zero-order chi connectivity index (χ0) is 28.6. The molecule has 3 aromatic rings. The van der Waals surface area contributed by atoms with Gasteiger partial charge in [-0.3, -0.25) is 0 Å². The van der Waals surface area contributed by atoms with E-state index in [-0.39, 0.29) is 41.5 Å². The zero-order valence-corrected chi connectivity index (χ0v) is 22.8. The van der Waals surface area contributed by atoms with Crippen molar-refractivity contribution in [2.75, 3.05) is 31.2 Å². The van der Waals surface area contributed by atoms with Crippen LogP contribution in [-0.2, 0) is 27.0 Å². The minimum atomic E-state index is -4.51. The van der Waals surface area contributed by atoms with E-state index in [0.29, 0.717) is 36.5 Å². The number of carbonyl (C=O) groups excluding carboxylic acids is 1. The van der Waals surface area contributed by atoms with Crippen LogP contribution in [0.5, 0.6) is 0 Å². The third-order valence-corrected chi connectivity index (χ3v) is 8.15. The lowest BCUT2D eigenvalue weighted by molar-refractivity contribution is -0.137. The van der Waals surface area contributed by atoms with Gasteiger partial charge in [-0.25, -0.2) is 9.78 Å². The topological polar surface area (TPSA) is 86.9 Å². The highest BCUT2D eigenvalue weighted by Crippen LogP contribution is 2.46. The van der Waals surface area contributed by atoms with Crippen LogP contribution in [0.1, 0.15) is 72.2 Å². The number of nitrogens with zero attached hydrogens (tertiary/aromatic N) is 3. The maximum absolute atomic E-state index is 13.8. The second kappa shape index (κ2) is 11.1. The summed E-state index contributed by atoms with van der Waals surface area (Å²) in [5, 5.41) is 4.09. The van der Waals surface area contributed by atoms with E-state index in [4.69, 9.17) is 18.7 Å². The Morgan fingerprint density at radius 1 is 1.15 bits per heavy atom. The number of pyridine rings is 1. The van der Waals surface area contributed by atoms with Crippen LogP contribution < -0.4 is 4.90 Å². The molecule has 1 spiro atoms. The molecule has 2 aliphatic heterocycles. The van der Waals surface area contributed by atoms with Gasteiger partial charge >= 0.3 is 12.1 Å². The molecule has 0 bridgehead atoms. The predicted molar refractivity (Wildman–Crippen MR) is 142 cm³/mol. The van der Waals surface area contributed by atoms with Gasteiger partial charge in [0.25, 0.3) is 0 Å². The first kappa shape index (κ1) is 27.7. The van der Waals surface area contributed by atoms with Crippen LogP contribution in [0.4, 0.5) is 19.0 Å². The molecule has 8 nitrogen and oxygen atoms in total. The number of ether oxygens (including phenoxy) is 3. The Bertz CT molecular complexity index is 1380. The number of halogens is 3. The zero-order valence-electron chi connectivity index (χ0n) is 22.8. The molecule has 1 aromatic carbocycles. The average Bonchev–Trinajstić information content (AvgIpc) is 3.61. The quantitative estimate of drug-likeness (QED) is 0.298. The largest absolute Gasteiger partial charge is 0.462 e. The number of hydrogen-bond acceptors (Lipinski definition) is 8. The molecule has 1 unspecified atom stereocenters. The lowest BCUT2D eigenvalue weighted by Gasteiger charge is -2.39. The number of benzene rings is 1. The molecule has 4 heterocycles. The molecule has 1 saturated carbocycles. The number of piperidine rings is 1. The summed E-state index contributed by atoms with van der Waals surface area (Å²) in [4.78, 5) is 18.5. The van der Waals surface area contributed by atoms with Crippen LogP contribution in [0.2, 0.25) is 0 Å². The Balaban J connectivity index is 1.09. The van der Waals surface area contributed by atoms with Crippen LogP contribution in [-0.4, -0.2) is 54.1 Å². The molecule has 41 heavy (non-hydrogen) atoms. The number of esters is 1. The number of carbonyl (C=O) groups is 1. The van der Waals surface area contributed by atoms with Crippen molar-refractivity contribution in [2.24, 2.45) is 0 Å². The van der Waals surface area contributed by atoms with Crippen molar-refractivity contribution in [3.8, 4) is 11.3 Å². The minimum absolute atomic E-state index is 0.00432. The maximum Gasteiger partial charge on any atom is 0.417 e. The van der Waals surface area contributed by atoms with Gasteiger partial charge < -0.3 is 23.6 Å². The molecule has 3 aliphatic rings. The number of hydrogen-bond donors (Lipinski definition) is 0. The van der Waals surface area contributed by atoms with E-state index in [9.17, 15) is 18.0 Å². The fourth-order valence-corrected chi connectivity index (χ4v) is 5.79. The molecular weight excluding hydrogens is 539 g/mol. The molecule has 218 valence electrons. The standard InChI is InChI=1S/C30H32F3N3O5/c1-2-38-28(37)20-9-10-25(34-16-20)36-13-11-29(12-14-36)15-21(17-40-29)39-18-23-26(35-41-27(23)19-7-8-19)22-5-3-4-6-24(22)30(31,32)33/h3-6,9-10,16,19,21H,2,7-8,11-15,17-18H2,1H3. The van der Waals surface area contributed by atoms with Crippen molar-refractivity contribution < 1.29 is 36.7 Å². The first-order valence-corrected chi connectivity index (χ1v) is 14.0. The number of aromatic nitrogens is 2. The van der Waals surface area contributed by atoms with Crippen LogP contribution in [0.15, 0.2) is 47.1 Å². The van der Waals surface area contributed by atoms with Gasteiger partial charge in [0.15, 0.2) is 0 Å². The summed E-state index contributed by atoms with van der Waals surface area (Å²) in [6, 6.07) is 9.00. The fraction of sp³-hybridized carbons (Fsp3) is 0.500. The van der Waals surface area contributed by atoms with Gasteiger partial charge in [0.1, 0.15) is 17.3 Å². The monoisotopic (exact) mass is 571 g/mol. The van der Waals surface area contributed by atoms with E-state index < -0.39 is 11.7 Å². The lowest BCUT2D eigenvalue weighted by atomic mass is 9.88. The Morgan fingerprint density at radius 3 is 2.61 bits per heavy atom. The van der Waals surface area contributed by atoms with Gasteiger partial charge in [-0.15, -0.1) is 0 Å². The number of rotatable bonds is 8. The smallest absolute Gasteiger partial charge is 0.417 e. The van der Waals surface area contributed by atoms with Crippen LogP contribution in [0, 0.1) is 0 Å². The third-order valence-electron chi connectivity index (χ3n) is 8.15. The molecule has 6 rings (SSSR count). The molecule has 0 radical (unpaired) electrons. The Morgan fingerprint density at radius 2 is 1.93 bits per heavy atom. The summed E-state index contributed by atoms with van der Waals surface area (Å²) in [7, 11) is 0. The Labute approximate surface area is 235 Å². The lowest BCUT2D eigenvalue weighted by Crippen LogP contribution is -2.44. The van der Waals surface area contributed by atoms with Gasteiger partial charge in [0.2, 0.25) is 0 Å². The average molecular weight is 572 g/mol. The van der Waals surface area contributed by atoms with Crippen molar-refractivity contribution >= 4 is 11.8 Å². The molecular formula is C30H32F3N3O5. The summed E-state index contributed by atoms with van der Waals surface area (Å²) in [5.41, 5.74) is 0.166. The normalized spacial score (nSPS) is 20.5. The first-order chi connectivity index (χ1) is 19.8. The second-order valence-corrected chi connectivity index (χ2v) is 10.9. The van der Waals surface area contributed by atoms with Gasteiger partial charge in [-0.2, -0.15) is 13.2 Å². The Kier molecular flexibility index (Phi) is 7.50. The summed E-state index contributed by atoms with van der Waals surface area (Å²) in [6.07, 6.45) is 0.981. The molecule has 1 aliphatic carbocycles. The van der Waals surface area contributed by atoms with E-state index >= 15 is 0 Å². The SMILES string of the molecule is CCOC(=O)c1ccc(N2CCC3(CC2)CC(OCc2c(-c4ccccc4C(F)(F)F)noc2C2CC2)CO3)nc1. The summed E-state index contributed by atoms with van der Waals surface area (Å²) < 4.78 is 64.4. The van der Waals surface area contributed by atoms with Crippen LogP contribution in [0.25, 0.3) is 11.3 Å². The van der Waals surface area contributed by atoms with Crippen molar-refractivity contribution in [1.29, 1.82) is 0 Å². The molecule has 3 fully saturated rings. The summed E-state index contributed by atoms with van der Waals surface area (Å²) in [6.45, 7) is 4.10. The van der Waals surface area contributed by atoms with Crippen LogP contribution >= 0.6 is 0 Å². The highest BCUT2D eigenvalue weighted by Gasteiger charge is 2.44. The molecule has 2 aromatic heterocycles. The Hall–Kier alpha value is -3.44. The fourth-order valence-electron chi connectivity index (χ4n) is 5.79. The van der Waals surface area contributed by atoms with Gasteiger partial charge in [0, 0.05) is 42.8 Å². The van der Waals surface area contributed by atoms with E-state index in [1.807, 2.05) is 6.07 Å². The summed E-state index contributed by atoms with van der Waals surface area (Å²) >= 11 is 0. The minimum Gasteiger partial charge on any atom is -0.462 e. The van der Waals surface area contributed by atoms with Crippen molar-refractivity contribution in [2.45, 2.75) is 69.4 Å². The molecule has 0 N–H and O–H groups in total. The van der Waals surface area contributed by atoms with Crippen molar-refractivity contribution in [3.05, 3.63) is 65.0 Å². The summed E-state index contributed by atoms with van der Waals surface area (Å²) in [5.74, 6) is 1.20. The van der Waals surface area contributed by atoms with Gasteiger partial charge in [0.05, 0.1) is 42.7 Å². The van der Waals surface area contributed by atoms with Gasteiger partial charge in [-0.1, -0.05) is 23.4 Å². The van der Waals surface area contributed by atoms with Crippen molar-refractivity contribution in [1.82, 2.24) is 10.1 Å². The molecule has 0 amide bonds. The molecule has 11 heteroatoms. The van der Waals surface area contributed by atoms with Crippen molar-refractivity contribution in [3.63, 3.8) is 0 Å². The first-order valence-electron chi connectivity index (χ1n) is 14.0. The second-order valence-electron chi connectivity index (χ2n) is 10.9. The van der Waals surface area contributed by atoms with E-state index in [0.717, 1.165) is 50.7 Å². The highest BCUT2D eigenvalue weighted by atomic mass is 19.4. The molecule has 1 atom stereocenters. The number of anilines is 1. The van der Waals surface area contributed by atoms with Gasteiger partial charge in [-0.05, 0) is 50.8 Å². The number of alkyl halides is 3.